The summed E-state index contributed by atoms with van der Waals surface area (Å²) >= 11 is 1.19. The fourth-order valence-electron chi connectivity index (χ4n) is 1.86. The number of hydrogen-bond donors (Lipinski definition) is 2. The van der Waals surface area contributed by atoms with Crippen LogP contribution in [0, 0.1) is 0 Å². The monoisotopic (exact) mass is 328 g/mol. The van der Waals surface area contributed by atoms with Crippen molar-refractivity contribution in [3.05, 3.63) is 48.0 Å². The van der Waals surface area contributed by atoms with Crippen molar-refractivity contribution in [2.75, 3.05) is 10.6 Å². The molecule has 2 heterocycles. The SMILES string of the molecule is CC(=O)Nc1nc(C(=O)Nc2cccc(-n3cnnc3)c2)cs1. The van der Waals surface area contributed by atoms with Crippen LogP contribution in [0.4, 0.5) is 10.8 Å². The first-order chi connectivity index (χ1) is 11.1. The second kappa shape index (κ2) is 6.36. The van der Waals surface area contributed by atoms with E-state index in [0.29, 0.717) is 10.8 Å². The topological polar surface area (TPSA) is 102 Å². The molecular weight excluding hydrogens is 316 g/mol. The number of aromatic nitrogens is 4. The summed E-state index contributed by atoms with van der Waals surface area (Å²) in [5, 5.41) is 14.8. The van der Waals surface area contributed by atoms with E-state index in [1.807, 2.05) is 12.1 Å². The van der Waals surface area contributed by atoms with E-state index >= 15 is 0 Å². The molecule has 9 heteroatoms. The van der Waals surface area contributed by atoms with Crippen LogP contribution in [0.3, 0.4) is 0 Å². The third-order valence-electron chi connectivity index (χ3n) is 2.84. The van der Waals surface area contributed by atoms with Crippen LogP contribution in [0.2, 0.25) is 0 Å². The Morgan fingerprint density at radius 3 is 2.70 bits per heavy atom. The van der Waals surface area contributed by atoms with Gasteiger partial charge in [0.05, 0.1) is 5.69 Å². The van der Waals surface area contributed by atoms with Gasteiger partial charge in [0.15, 0.2) is 5.13 Å². The Balaban J connectivity index is 1.74. The molecule has 0 bridgehead atoms. The molecule has 2 N–H and O–H groups in total. The van der Waals surface area contributed by atoms with Gasteiger partial charge in [-0.25, -0.2) is 4.98 Å². The zero-order chi connectivity index (χ0) is 16.2. The second-order valence-electron chi connectivity index (χ2n) is 4.59. The molecule has 8 nitrogen and oxygen atoms in total. The van der Waals surface area contributed by atoms with Gasteiger partial charge in [-0.05, 0) is 18.2 Å². The Bertz CT molecular complexity index is 843. The number of benzene rings is 1. The lowest BCUT2D eigenvalue weighted by Gasteiger charge is -2.06. The summed E-state index contributed by atoms with van der Waals surface area (Å²) in [5.74, 6) is -0.577. The Labute approximate surface area is 135 Å². The summed E-state index contributed by atoms with van der Waals surface area (Å²) in [7, 11) is 0. The molecular formula is C14H12N6O2S. The molecule has 116 valence electrons. The highest BCUT2D eigenvalue weighted by atomic mass is 32.1. The first-order valence-corrected chi connectivity index (χ1v) is 7.49. The smallest absolute Gasteiger partial charge is 0.275 e. The van der Waals surface area contributed by atoms with Gasteiger partial charge in [0.2, 0.25) is 5.91 Å². The van der Waals surface area contributed by atoms with Crippen molar-refractivity contribution in [1.82, 2.24) is 19.7 Å². The van der Waals surface area contributed by atoms with E-state index in [0.717, 1.165) is 5.69 Å². The zero-order valence-electron chi connectivity index (χ0n) is 12.1. The van der Waals surface area contributed by atoms with Crippen LogP contribution < -0.4 is 10.6 Å². The van der Waals surface area contributed by atoms with Crippen molar-refractivity contribution in [1.29, 1.82) is 0 Å². The van der Waals surface area contributed by atoms with Crippen molar-refractivity contribution in [3.8, 4) is 5.69 Å². The third-order valence-corrected chi connectivity index (χ3v) is 3.60. The van der Waals surface area contributed by atoms with Gasteiger partial charge in [0.1, 0.15) is 18.3 Å². The van der Waals surface area contributed by atoms with Gasteiger partial charge in [-0.2, -0.15) is 0 Å². The van der Waals surface area contributed by atoms with Crippen LogP contribution in [0.25, 0.3) is 5.69 Å². The third kappa shape index (κ3) is 3.58. The van der Waals surface area contributed by atoms with E-state index in [4.69, 9.17) is 0 Å². The van der Waals surface area contributed by atoms with Crippen LogP contribution in [-0.4, -0.2) is 31.6 Å². The molecule has 0 saturated heterocycles. The van der Waals surface area contributed by atoms with E-state index in [2.05, 4.69) is 25.8 Å². The maximum atomic E-state index is 12.2. The molecule has 0 radical (unpaired) electrons. The van der Waals surface area contributed by atoms with Gasteiger partial charge in [0.25, 0.3) is 5.91 Å². The van der Waals surface area contributed by atoms with Gasteiger partial charge >= 0.3 is 0 Å². The highest BCUT2D eigenvalue weighted by molar-refractivity contribution is 7.14. The van der Waals surface area contributed by atoms with Gasteiger partial charge in [0, 0.05) is 18.0 Å². The molecule has 3 rings (SSSR count). The molecule has 23 heavy (non-hydrogen) atoms. The molecule has 0 saturated carbocycles. The molecule has 0 aliphatic heterocycles. The molecule has 0 unspecified atom stereocenters. The quantitative estimate of drug-likeness (QED) is 0.762. The highest BCUT2D eigenvalue weighted by Gasteiger charge is 2.12. The number of hydrogen-bond acceptors (Lipinski definition) is 6. The number of thiazole rings is 1. The molecule has 1 aromatic carbocycles. The maximum Gasteiger partial charge on any atom is 0.275 e. The Kier molecular flexibility index (Phi) is 4.11. The van der Waals surface area contributed by atoms with E-state index in [-0.39, 0.29) is 17.5 Å². The van der Waals surface area contributed by atoms with Crippen LogP contribution in [0.1, 0.15) is 17.4 Å². The maximum absolute atomic E-state index is 12.2. The number of amides is 2. The normalized spacial score (nSPS) is 10.3. The molecule has 0 atom stereocenters. The predicted molar refractivity (Wildman–Crippen MR) is 85.7 cm³/mol. The summed E-state index contributed by atoms with van der Waals surface area (Å²) in [4.78, 5) is 27.2. The molecule has 0 spiro atoms. The average Bonchev–Trinajstić information content (AvgIpc) is 3.18. The lowest BCUT2D eigenvalue weighted by Crippen LogP contribution is -2.13. The number of rotatable bonds is 4. The number of nitrogens with zero attached hydrogens (tertiary/aromatic N) is 4. The number of carbonyl (C=O) groups excluding carboxylic acids is 2. The van der Waals surface area contributed by atoms with Crippen molar-refractivity contribution in [2.24, 2.45) is 0 Å². The summed E-state index contributed by atoms with van der Waals surface area (Å²) in [5.41, 5.74) is 1.69. The van der Waals surface area contributed by atoms with Gasteiger partial charge < -0.3 is 10.6 Å². The summed E-state index contributed by atoms with van der Waals surface area (Å²) in [6.07, 6.45) is 3.14. The van der Waals surface area contributed by atoms with Crippen molar-refractivity contribution in [3.63, 3.8) is 0 Å². The van der Waals surface area contributed by atoms with Crippen LogP contribution in [0.15, 0.2) is 42.3 Å². The van der Waals surface area contributed by atoms with Crippen molar-refractivity contribution >= 4 is 34.0 Å². The number of nitrogens with one attached hydrogen (secondary N) is 2. The van der Waals surface area contributed by atoms with E-state index < -0.39 is 0 Å². The lowest BCUT2D eigenvalue weighted by atomic mass is 10.2. The van der Waals surface area contributed by atoms with Gasteiger partial charge in [-0.3, -0.25) is 14.2 Å². The van der Waals surface area contributed by atoms with E-state index in [9.17, 15) is 9.59 Å². The molecule has 0 aliphatic carbocycles. The minimum Gasteiger partial charge on any atom is -0.321 e. The Morgan fingerprint density at radius 2 is 1.96 bits per heavy atom. The van der Waals surface area contributed by atoms with Gasteiger partial charge in [-0.15, -0.1) is 21.5 Å². The second-order valence-corrected chi connectivity index (χ2v) is 5.45. The molecule has 2 amide bonds. The highest BCUT2D eigenvalue weighted by Crippen LogP contribution is 2.18. The molecule has 2 aromatic heterocycles. The molecule has 0 aliphatic rings. The Morgan fingerprint density at radius 1 is 1.17 bits per heavy atom. The fraction of sp³-hybridized carbons (Fsp3) is 0.0714. The summed E-state index contributed by atoms with van der Waals surface area (Å²) in [6, 6.07) is 7.25. The minimum atomic E-state index is -0.348. The van der Waals surface area contributed by atoms with Crippen LogP contribution >= 0.6 is 11.3 Å². The molecule has 3 aromatic rings. The Hall–Kier alpha value is -3.07. The lowest BCUT2D eigenvalue weighted by molar-refractivity contribution is -0.114. The first-order valence-electron chi connectivity index (χ1n) is 6.61. The van der Waals surface area contributed by atoms with E-state index in [1.165, 1.54) is 18.3 Å². The molecule has 0 fully saturated rings. The van der Waals surface area contributed by atoms with Crippen LogP contribution in [0.5, 0.6) is 0 Å². The zero-order valence-corrected chi connectivity index (χ0v) is 12.9. The summed E-state index contributed by atoms with van der Waals surface area (Å²) < 4.78 is 1.73. The minimum absolute atomic E-state index is 0.229. The standard InChI is InChI=1S/C14H12N6O2S/c1-9(21)17-14-19-12(6-23-14)13(22)18-10-3-2-4-11(5-10)20-7-15-16-8-20/h2-8H,1H3,(H,18,22)(H,17,19,21). The average molecular weight is 328 g/mol. The largest absolute Gasteiger partial charge is 0.321 e. The summed E-state index contributed by atoms with van der Waals surface area (Å²) in [6.45, 7) is 1.39. The van der Waals surface area contributed by atoms with Gasteiger partial charge in [-0.1, -0.05) is 6.07 Å². The van der Waals surface area contributed by atoms with E-state index in [1.54, 1.807) is 34.7 Å². The number of anilines is 2. The predicted octanol–water partition coefficient (Wildman–Crippen LogP) is 1.93. The van der Waals surface area contributed by atoms with Crippen LogP contribution in [-0.2, 0) is 4.79 Å². The first kappa shape index (κ1) is 14.9. The van der Waals surface area contributed by atoms with Crippen molar-refractivity contribution in [2.45, 2.75) is 6.92 Å². The number of carbonyl (C=O) groups is 2. The van der Waals surface area contributed by atoms with Crippen molar-refractivity contribution < 1.29 is 9.59 Å². The fourth-order valence-corrected chi connectivity index (χ4v) is 2.60.